The van der Waals surface area contributed by atoms with E-state index >= 15 is 0 Å². The van der Waals surface area contributed by atoms with E-state index in [2.05, 4.69) is 85.8 Å². The summed E-state index contributed by atoms with van der Waals surface area (Å²) in [7, 11) is 0. The number of aromatic nitrogens is 3. The van der Waals surface area contributed by atoms with E-state index in [0.29, 0.717) is 0 Å². The molecule has 149 valence electrons. The van der Waals surface area contributed by atoms with E-state index in [1.165, 1.54) is 27.8 Å². The summed E-state index contributed by atoms with van der Waals surface area (Å²) in [6, 6.07) is 22.0. The van der Waals surface area contributed by atoms with E-state index in [4.69, 9.17) is 0 Å². The first kappa shape index (κ1) is 21.2. The number of benzene rings is 3. The molecule has 4 heteroatoms. The predicted molar refractivity (Wildman–Crippen MR) is 115 cm³/mol. The number of nitrogens with zero attached hydrogens (tertiary/aromatic N) is 3. The number of hydrogen-bond donors (Lipinski definition) is 0. The van der Waals surface area contributed by atoms with Crippen molar-refractivity contribution in [2.24, 2.45) is 0 Å². The average molecular weight is 559 g/mol. The smallest absolute Gasteiger partial charge is 0.159 e. The number of hydrogen-bond acceptors (Lipinski definition) is 2. The fraction of sp³-hybridized carbons (Fsp3) is 0.200. The molecular formula is C25H24IrN3-. The van der Waals surface area contributed by atoms with Crippen LogP contribution in [0.15, 0.2) is 54.6 Å². The Bertz CT molecular complexity index is 1120. The molecule has 29 heavy (non-hydrogen) atoms. The van der Waals surface area contributed by atoms with Crippen LogP contribution in [0.2, 0.25) is 0 Å². The number of para-hydroxylation sites is 1. The molecule has 0 unspecified atom stereocenters. The Labute approximate surface area is 186 Å². The second-order valence-electron chi connectivity index (χ2n) is 7.47. The van der Waals surface area contributed by atoms with Gasteiger partial charge in [0.15, 0.2) is 5.82 Å². The van der Waals surface area contributed by atoms with Crippen LogP contribution in [0.25, 0.3) is 28.5 Å². The largest absolute Gasteiger partial charge is 0.316 e. The minimum atomic E-state index is 0. The van der Waals surface area contributed by atoms with Crippen molar-refractivity contribution in [1.82, 2.24) is 14.8 Å². The maximum atomic E-state index is 4.67. The summed E-state index contributed by atoms with van der Waals surface area (Å²) >= 11 is 0. The standard InChI is InChI=1S/C25H24N3.Ir/c1-16-14-19(4)22(20(5)15-16)25-27-26-24(21-12-7-6-8-13-21)28(25)23-17(2)10-9-11-18(23)3;/h6-12,14-15H,1-5H3;/q-1;. The summed E-state index contributed by atoms with van der Waals surface area (Å²) in [6.45, 7) is 10.7. The maximum absolute atomic E-state index is 4.67. The monoisotopic (exact) mass is 559 g/mol. The zero-order valence-electron chi connectivity index (χ0n) is 17.4. The molecule has 0 aliphatic heterocycles. The number of aryl methyl sites for hydroxylation is 5. The molecule has 0 saturated heterocycles. The number of rotatable bonds is 3. The van der Waals surface area contributed by atoms with Crippen LogP contribution in [-0.4, -0.2) is 14.8 Å². The van der Waals surface area contributed by atoms with Crippen LogP contribution >= 0.6 is 0 Å². The summed E-state index contributed by atoms with van der Waals surface area (Å²) in [5.41, 5.74) is 9.28. The van der Waals surface area contributed by atoms with Gasteiger partial charge in [0, 0.05) is 31.4 Å². The van der Waals surface area contributed by atoms with Crippen molar-refractivity contribution in [1.29, 1.82) is 0 Å². The van der Waals surface area contributed by atoms with Crippen molar-refractivity contribution in [3.05, 3.63) is 88.5 Å². The molecule has 0 fully saturated rings. The van der Waals surface area contributed by atoms with Crippen LogP contribution in [0, 0.1) is 40.7 Å². The first-order chi connectivity index (χ1) is 13.5. The predicted octanol–water partition coefficient (Wildman–Crippen LogP) is 5.94. The van der Waals surface area contributed by atoms with E-state index in [-0.39, 0.29) is 20.1 Å². The third-order valence-corrected chi connectivity index (χ3v) is 5.18. The van der Waals surface area contributed by atoms with Crippen LogP contribution < -0.4 is 0 Å². The van der Waals surface area contributed by atoms with Gasteiger partial charge in [-0.3, -0.25) is 0 Å². The second-order valence-corrected chi connectivity index (χ2v) is 7.47. The van der Waals surface area contributed by atoms with Crippen molar-refractivity contribution in [3.63, 3.8) is 0 Å². The van der Waals surface area contributed by atoms with Crippen molar-refractivity contribution >= 4 is 0 Å². The van der Waals surface area contributed by atoms with Gasteiger partial charge >= 0.3 is 0 Å². The van der Waals surface area contributed by atoms with E-state index < -0.39 is 0 Å². The molecule has 0 aliphatic carbocycles. The Balaban J connectivity index is 0.00000240. The van der Waals surface area contributed by atoms with E-state index in [1.54, 1.807) is 0 Å². The van der Waals surface area contributed by atoms with E-state index in [9.17, 15) is 0 Å². The van der Waals surface area contributed by atoms with Gasteiger partial charge < -0.3 is 4.57 Å². The SMILES string of the molecule is Cc1cc(C)c(-c2nnc(-c3[c-]cccc3)n2-c2c(C)cccc2C)c(C)c1.[Ir]. The van der Waals surface area contributed by atoms with Gasteiger partial charge in [-0.2, -0.15) is 5.10 Å². The van der Waals surface area contributed by atoms with Gasteiger partial charge in [-0.1, -0.05) is 35.9 Å². The Hall–Kier alpha value is -2.55. The fourth-order valence-corrected chi connectivity index (χ4v) is 4.06. The topological polar surface area (TPSA) is 30.7 Å². The molecule has 4 aromatic rings. The zero-order valence-corrected chi connectivity index (χ0v) is 19.8. The molecule has 3 nitrogen and oxygen atoms in total. The molecule has 1 aromatic heterocycles. The van der Waals surface area contributed by atoms with Gasteiger partial charge in [-0.25, -0.2) is 0 Å². The average Bonchev–Trinajstić information content (AvgIpc) is 3.06. The molecule has 3 aromatic carbocycles. The molecule has 0 spiro atoms. The molecule has 0 bridgehead atoms. The fourth-order valence-electron chi connectivity index (χ4n) is 4.06. The minimum absolute atomic E-state index is 0. The first-order valence-electron chi connectivity index (χ1n) is 9.54. The summed E-state index contributed by atoms with van der Waals surface area (Å²) in [5.74, 6) is 1.69. The van der Waals surface area contributed by atoms with Crippen LogP contribution in [0.4, 0.5) is 0 Å². The van der Waals surface area contributed by atoms with Crippen LogP contribution in [0.5, 0.6) is 0 Å². The Morgan fingerprint density at radius 1 is 0.724 bits per heavy atom. The summed E-state index contributed by atoms with van der Waals surface area (Å²) in [4.78, 5) is 0. The molecule has 0 aliphatic rings. The quantitative estimate of drug-likeness (QED) is 0.292. The van der Waals surface area contributed by atoms with Gasteiger partial charge in [0.05, 0.1) is 5.82 Å². The van der Waals surface area contributed by atoms with Gasteiger partial charge in [0.2, 0.25) is 0 Å². The van der Waals surface area contributed by atoms with Gasteiger partial charge in [-0.05, 0) is 56.9 Å². The summed E-state index contributed by atoms with van der Waals surface area (Å²) < 4.78 is 2.20. The van der Waals surface area contributed by atoms with E-state index in [1.807, 2.05) is 24.3 Å². The van der Waals surface area contributed by atoms with Gasteiger partial charge in [0.25, 0.3) is 0 Å². The van der Waals surface area contributed by atoms with Crippen LogP contribution in [-0.2, 0) is 20.1 Å². The Morgan fingerprint density at radius 2 is 1.34 bits per heavy atom. The van der Waals surface area contributed by atoms with Crippen molar-refractivity contribution in [2.45, 2.75) is 34.6 Å². The van der Waals surface area contributed by atoms with Crippen molar-refractivity contribution in [3.8, 4) is 28.5 Å². The normalized spacial score (nSPS) is 10.7. The third kappa shape index (κ3) is 3.83. The molecule has 0 saturated carbocycles. The zero-order chi connectivity index (χ0) is 19.8. The Morgan fingerprint density at radius 3 is 1.93 bits per heavy atom. The van der Waals surface area contributed by atoms with Crippen LogP contribution in [0.3, 0.4) is 0 Å². The van der Waals surface area contributed by atoms with Crippen molar-refractivity contribution in [2.75, 3.05) is 0 Å². The van der Waals surface area contributed by atoms with Crippen LogP contribution in [0.1, 0.15) is 27.8 Å². The summed E-state index contributed by atoms with van der Waals surface area (Å²) in [5, 5.41) is 9.27. The second kappa shape index (κ2) is 8.44. The van der Waals surface area contributed by atoms with Gasteiger partial charge in [0.1, 0.15) is 0 Å². The first-order valence-corrected chi connectivity index (χ1v) is 9.54. The minimum Gasteiger partial charge on any atom is -0.316 e. The van der Waals surface area contributed by atoms with E-state index in [0.717, 1.165) is 28.5 Å². The molecule has 1 heterocycles. The Kier molecular flexibility index (Phi) is 6.16. The maximum Gasteiger partial charge on any atom is 0.159 e. The molecule has 0 atom stereocenters. The van der Waals surface area contributed by atoms with Gasteiger partial charge in [-0.15, -0.1) is 41.0 Å². The molecule has 4 rings (SSSR count). The molecule has 0 N–H and O–H groups in total. The summed E-state index contributed by atoms with van der Waals surface area (Å²) in [6.07, 6.45) is 0. The van der Waals surface area contributed by atoms with Crippen molar-refractivity contribution < 1.29 is 20.1 Å². The third-order valence-electron chi connectivity index (χ3n) is 5.18. The molecular weight excluding hydrogens is 535 g/mol. The molecule has 0 amide bonds. The molecule has 1 radical (unpaired) electrons.